The molecule has 0 saturated carbocycles. The van der Waals surface area contributed by atoms with Crippen LogP contribution in [-0.4, -0.2) is 10.5 Å². The Hall–Kier alpha value is -1.92. The summed E-state index contributed by atoms with van der Waals surface area (Å²) < 4.78 is 3.38. The molecule has 0 aliphatic heterocycles. The highest BCUT2D eigenvalue weighted by Gasteiger charge is 2.11. The maximum Gasteiger partial charge on any atom is 0.308 e. The summed E-state index contributed by atoms with van der Waals surface area (Å²) in [6.07, 6.45) is 0. The first kappa shape index (κ1) is 15.0. The average Bonchev–Trinajstić information content (AvgIpc) is 2.79. The molecule has 0 fully saturated rings. The van der Waals surface area contributed by atoms with Gasteiger partial charge in [0, 0.05) is 10.2 Å². The van der Waals surface area contributed by atoms with E-state index in [0.717, 1.165) is 37.3 Å². The van der Waals surface area contributed by atoms with Crippen LogP contribution < -0.4 is 10.2 Å². The summed E-state index contributed by atoms with van der Waals surface area (Å²) in [5.41, 5.74) is 2.55. The molecule has 6 heteroatoms. The number of hydrogen-bond donors (Lipinski definition) is 1. The van der Waals surface area contributed by atoms with E-state index in [-0.39, 0.29) is 17.3 Å². The first-order chi connectivity index (χ1) is 10.5. The van der Waals surface area contributed by atoms with Gasteiger partial charge in [-0.15, -0.1) is 0 Å². The van der Waals surface area contributed by atoms with Crippen LogP contribution in [0.5, 0.6) is 0 Å². The Morgan fingerprint density at radius 3 is 2.82 bits per heavy atom. The van der Waals surface area contributed by atoms with Crippen LogP contribution in [0.25, 0.3) is 10.2 Å². The molecule has 1 aromatic heterocycles. The molecule has 0 bridgehead atoms. The molecule has 0 radical (unpaired) electrons. The molecular formula is C16H13BrN2O2S. The summed E-state index contributed by atoms with van der Waals surface area (Å²) in [5.74, 6) is -0.215. The second kappa shape index (κ2) is 6.06. The van der Waals surface area contributed by atoms with Crippen LogP contribution in [0.1, 0.15) is 5.56 Å². The number of para-hydroxylation sites is 1. The Balaban J connectivity index is 1.82. The summed E-state index contributed by atoms with van der Waals surface area (Å²) in [6, 6.07) is 13.1. The smallest absolute Gasteiger partial charge is 0.308 e. The lowest BCUT2D eigenvalue weighted by Crippen LogP contribution is -2.24. The third-order valence-electron chi connectivity index (χ3n) is 3.32. The fraction of sp³-hybridized carbons (Fsp3) is 0.125. The van der Waals surface area contributed by atoms with Crippen LogP contribution in [0.4, 0.5) is 5.69 Å². The number of halogens is 1. The van der Waals surface area contributed by atoms with Gasteiger partial charge < -0.3 is 5.32 Å². The maximum atomic E-state index is 12.2. The molecule has 2 aromatic carbocycles. The standard InChI is InChI=1S/C16H13BrN2O2S/c1-10-8-11(6-7-12(10)17)18-15(20)9-19-13-4-2-3-5-14(13)22-16(19)21/h2-8H,9H2,1H3,(H,18,20). The summed E-state index contributed by atoms with van der Waals surface area (Å²) >= 11 is 4.58. The third-order valence-corrected chi connectivity index (χ3v) is 5.17. The number of thiazole rings is 1. The highest BCUT2D eigenvalue weighted by atomic mass is 79.9. The van der Waals surface area contributed by atoms with Crippen LogP contribution in [0.3, 0.4) is 0 Å². The molecule has 1 amide bonds. The lowest BCUT2D eigenvalue weighted by atomic mass is 10.2. The predicted molar refractivity (Wildman–Crippen MR) is 93.6 cm³/mol. The van der Waals surface area contributed by atoms with Crippen LogP contribution in [0.2, 0.25) is 0 Å². The van der Waals surface area contributed by atoms with E-state index in [2.05, 4.69) is 21.2 Å². The fourth-order valence-electron chi connectivity index (χ4n) is 2.23. The van der Waals surface area contributed by atoms with Crippen molar-refractivity contribution in [2.75, 3.05) is 5.32 Å². The number of nitrogens with one attached hydrogen (secondary N) is 1. The van der Waals surface area contributed by atoms with E-state index < -0.39 is 0 Å². The second-order valence-electron chi connectivity index (χ2n) is 4.93. The molecule has 22 heavy (non-hydrogen) atoms. The number of rotatable bonds is 3. The summed E-state index contributed by atoms with van der Waals surface area (Å²) in [4.78, 5) is 24.1. The topological polar surface area (TPSA) is 51.1 Å². The second-order valence-corrected chi connectivity index (χ2v) is 6.78. The molecule has 1 heterocycles. The minimum atomic E-state index is -0.215. The van der Waals surface area contributed by atoms with Gasteiger partial charge in [0.15, 0.2) is 0 Å². The first-order valence-corrected chi connectivity index (χ1v) is 8.30. The minimum Gasteiger partial charge on any atom is -0.325 e. The van der Waals surface area contributed by atoms with E-state index in [1.165, 1.54) is 4.57 Å². The number of fused-ring (bicyclic) bond motifs is 1. The Morgan fingerprint density at radius 2 is 2.05 bits per heavy atom. The highest BCUT2D eigenvalue weighted by Crippen LogP contribution is 2.20. The largest absolute Gasteiger partial charge is 0.325 e. The molecule has 4 nitrogen and oxygen atoms in total. The van der Waals surface area contributed by atoms with Crippen molar-refractivity contribution in [1.82, 2.24) is 4.57 Å². The normalized spacial score (nSPS) is 10.8. The van der Waals surface area contributed by atoms with Crippen molar-refractivity contribution in [3.63, 3.8) is 0 Å². The molecule has 0 atom stereocenters. The van der Waals surface area contributed by atoms with Gasteiger partial charge in [-0.25, -0.2) is 0 Å². The number of aromatic nitrogens is 1. The van der Waals surface area contributed by atoms with Gasteiger partial charge in [0.2, 0.25) is 5.91 Å². The zero-order chi connectivity index (χ0) is 15.7. The van der Waals surface area contributed by atoms with E-state index >= 15 is 0 Å². The van der Waals surface area contributed by atoms with Crippen LogP contribution in [-0.2, 0) is 11.3 Å². The van der Waals surface area contributed by atoms with Gasteiger partial charge in [-0.2, -0.15) is 0 Å². The first-order valence-electron chi connectivity index (χ1n) is 6.69. The lowest BCUT2D eigenvalue weighted by molar-refractivity contribution is -0.116. The van der Waals surface area contributed by atoms with Gasteiger partial charge in [0.25, 0.3) is 0 Å². The lowest BCUT2D eigenvalue weighted by Gasteiger charge is -2.08. The van der Waals surface area contributed by atoms with Crippen LogP contribution in [0.15, 0.2) is 51.7 Å². The van der Waals surface area contributed by atoms with Gasteiger partial charge >= 0.3 is 4.87 Å². The molecule has 0 unspecified atom stereocenters. The summed E-state index contributed by atoms with van der Waals surface area (Å²) in [5, 5.41) is 2.83. The Labute approximate surface area is 139 Å². The number of amides is 1. The number of benzene rings is 2. The third kappa shape index (κ3) is 2.98. The number of hydrogen-bond acceptors (Lipinski definition) is 3. The maximum absolute atomic E-state index is 12.2. The number of aryl methyl sites for hydroxylation is 1. The van der Waals surface area contributed by atoms with E-state index in [4.69, 9.17) is 0 Å². The monoisotopic (exact) mass is 376 g/mol. The zero-order valence-electron chi connectivity index (χ0n) is 11.8. The van der Waals surface area contributed by atoms with E-state index in [9.17, 15) is 9.59 Å². The van der Waals surface area contributed by atoms with Gasteiger partial charge in [-0.05, 0) is 42.8 Å². The average molecular weight is 377 g/mol. The Kier molecular flexibility index (Phi) is 4.13. The number of nitrogens with zero attached hydrogens (tertiary/aromatic N) is 1. The molecule has 112 valence electrons. The van der Waals surface area contributed by atoms with Crippen molar-refractivity contribution in [3.8, 4) is 0 Å². The fourth-order valence-corrected chi connectivity index (χ4v) is 3.37. The number of carbonyl (C=O) groups excluding carboxylic acids is 1. The van der Waals surface area contributed by atoms with Crippen LogP contribution in [0, 0.1) is 6.92 Å². The predicted octanol–water partition coefficient (Wildman–Crippen LogP) is 3.77. The van der Waals surface area contributed by atoms with Gasteiger partial charge in [-0.3, -0.25) is 14.2 Å². The molecule has 0 spiro atoms. The number of carbonyl (C=O) groups is 1. The Bertz CT molecular complexity index is 914. The van der Waals surface area contributed by atoms with Crippen molar-refractivity contribution in [2.24, 2.45) is 0 Å². The molecule has 0 aliphatic rings. The molecule has 3 rings (SSSR count). The van der Waals surface area contributed by atoms with Gasteiger partial charge in [0.1, 0.15) is 6.54 Å². The Morgan fingerprint density at radius 1 is 1.27 bits per heavy atom. The van der Waals surface area contributed by atoms with Crippen molar-refractivity contribution in [3.05, 3.63) is 62.2 Å². The highest BCUT2D eigenvalue weighted by molar-refractivity contribution is 9.10. The minimum absolute atomic E-state index is 0.0119. The van der Waals surface area contributed by atoms with E-state index in [1.54, 1.807) is 0 Å². The van der Waals surface area contributed by atoms with Crippen molar-refractivity contribution < 1.29 is 4.79 Å². The van der Waals surface area contributed by atoms with E-state index in [0.29, 0.717) is 0 Å². The van der Waals surface area contributed by atoms with Crippen LogP contribution >= 0.6 is 27.3 Å². The molecular weight excluding hydrogens is 364 g/mol. The van der Waals surface area contributed by atoms with Gasteiger partial charge in [0.05, 0.1) is 10.2 Å². The molecule has 1 N–H and O–H groups in total. The van der Waals surface area contributed by atoms with Gasteiger partial charge in [-0.1, -0.05) is 39.4 Å². The SMILES string of the molecule is Cc1cc(NC(=O)Cn2c(=O)sc3ccccc32)ccc1Br. The summed E-state index contributed by atoms with van der Waals surface area (Å²) in [6.45, 7) is 1.97. The van der Waals surface area contributed by atoms with Crippen molar-refractivity contribution in [2.45, 2.75) is 13.5 Å². The number of anilines is 1. The molecule has 0 aliphatic carbocycles. The van der Waals surface area contributed by atoms with Crippen molar-refractivity contribution in [1.29, 1.82) is 0 Å². The molecule has 3 aromatic rings. The molecule has 0 saturated heterocycles. The quantitative estimate of drug-likeness (QED) is 0.756. The zero-order valence-corrected chi connectivity index (χ0v) is 14.2. The summed E-state index contributed by atoms with van der Waals surface area (Å²) in [7, 11) is 0. The van der Waals surface area contributed by atoms with E-state index in [1.807, 2.05) is 49.4 Å². The van der Waals surface area contributed by atoms with Crippen molar-refractivity contribution >= 4 is 49.1 Å².